The average molecular weight is 340 g/mol. The Morgan fingerprint density at radius 3 is 2.30 bits per heavy atom. The first-order chi connectivity index (χ1) is 10.9. The molecule has 2 rings (SSSR count). The van der Waals surface area contributed by atoms with Gasteiger partial charge < -0.3 is 11.5 Å². The number of guanidine groups is 2. The van der Waals surface area contributed by atoms with Crippen molar-refractivity contribution in [2.24, 2.45) is 20.9 Å². The summed E-state index contributed by atoms with van der Waals surface area (Å²) in [5.41, 5.74) is 12.2. The zero-order valence-electron chi connectivity index (χ0n) is 12.5. The van der Waals surface area contributed by atoms with Gasteiger partial charge >= 0.3 is 10.3 Å². The molecule has 0 radical (unpaired) electrons. The predicted molar refractivity (Wildman–Crippen MR) is 89.1 cm³/mol. The van der Waals surface area contributed by atoms with Gasteiger partial charge in [-0.05, 0) is 25.0 Å². The van der Waals surface area contributed by atoms with Gasteiger partial charge in [-0.1, -0.05) is 24.6 Å². The Kier molecular flexibility index (Phi) is 5.53. The van der Waals surface area contributed by atoms with E-state index in [4.69, 9.17) is 16.0 Å². The van der Waals surface area contributed by atoms with Crippen LogP contribution in [0.25, 0.3) is 0 Å². The Bertz CT molecular complexity index is 683. The Balaban J connectivity index is 2.35. The lowest BCUT2D eigenvalue weighted by Crippen LogP contribution is -2.52. The molecule has 0 aromatic heterocycles. The first-order valence-electron chi connectivity index (χ1n) is 7.14. The molecule has 5 N–H and O–H groups in total. The van der Waals surface area contributed by atoms with E-state index in [1.165, 1.54) is 0 Å². The summed E-state index contributed by atoms with van der Waals surface area (Å²) in [6.07, 6.45) is 3.18. The molecule has 0 unspecified atom stereocenters. The lowest BCUT2D eigenvalue weighted by molar-refractivity contribution is 0.236. The lowest BCUT2D eigenvalue weighted by atomic mass is 10.1. The number of piperidine rings is 1. The van der Waals surface area contributed by atoms with E-state index >= 15 is 0 Å². The summed E-state index contributed by atoms with van der Waals surface area (Å²) in [4.78, 5) is 3.78. The zero-order valence-corrected chi connectivity index (χ0v) is 13.4. The molecule has 0 atom stereocenters. The second-order valence-electron chi connectivity index (χ2n) is 5.03. The van der Waals surface area contributed by atoms with Crippen LogP contribution in [0.3, 0.4) is 0 Å². The van der Waals surface area contributed by atoms with Crippen LogP contribution < -0.4 is 16.5 Å². The van der Waals surface area contributed by atoms with Crippen LogP contribution in [0.5, 0.6) is 0 Å². The highest BCUT2D eigenvalue weighted by Crippen LogP contribution is 2.19. The fourth-order valence-electron chi connectivity index (χ4n) is 2.39. The van der Waals surface area contributed by atoms with Gasteiger partial charge in [-0.25, -0.2) is 10.0 Å². The molecule has 0 saturated carbocycles. The van der Waals surface area contributed by atoms with E-state index in [1.807, 2.05) is 35.3 Å². The minimum Gasteiger partial charge on any atom is -0.368 e. The number of benzene rings is 1. The minimum absolute atomic E-state index is 0.0250. The van der Waals surface area contributed by atoms with Gasteiger partial charge in [0.1, 0.15) is 0 Å². The summed E-state index contributed by atoms with van der Waals surface area (Å²) in [5.74, 6) is -0.661. The van der Waals surface area contributed by atoms with Crippen molar-refractivity contribution < 1.29 is 13.0 Å². The highest BCUT2D eigenvalue weighted by Gasteiger charge is 2.22. The van der Waals surface area contributed by atoms with Crippen molar-refractivity contribution in [1.29, 1.82) is 0 Å². The molecular formula is C13H20N6O3S. The van der Waals surface area contributed by atoms with Crippen molar-refractivity contribution in [1.82, 2.24) is 5.01 Å². The van der Waals surface area contributed by atoms with Gasteiger partial charge in [-0.15, -0.1) is 4.40 Å². The van der Waals surface area contributed by atoms with Gasteiger partial charge in [-0.3, -0.25) is 4.55 Å². The van der Waals surface area contributed by atoms with E-state index in [2.05, 4.69) is 9.39 Å². The average Bonchev–Trinajstić information content (AvgIpc) is 2.47. The number of nitrogens with zero attached hydrogens (tertiary/aromatic N) is 4. The third-order valence-corrected chi connectivity index (χ3v) is 3.69. The molecule has 1 heterocycles. The van der Waals surface area contributed by atoms with Crippen LogP contribution in [0.1, 0.15) is 19.3 Å². The van der Waals surface area contributed by atoms with Gasteiger partial charge in [0.05, 0.1) is 5.69 Å². The van der Waals surface area contributed by atoms with Crippen molar-refractivity contribution in [2.45, 2.75) is 19.3 Å². The molecule has 0 amide bonds. The molecule has 10 heteroatoms. The quantitative estimate of drug-likeness (QED) is 0.409. The largest absolute Gasteiger partial charge is 0.381 e. The molecule has 1 fully saturated rings. The molecule has 9 nitrogen and oxygen atoms in total. The number of hydrogen-bond acceptors (Lipinski definition) is 3. The number of hydrogen-bond donors (Lipinski definition) is 3. The van der Waals surface area contributed by atoms with Gasteiger partial charge in [0.25, 0.3) is 0 Å². The summed E-state index contributed by atoms with van der Waals surface area (Å²) in [6, 6.07) is 9.30. The van der Waals surface area contributed by atoms with Crippen LogP contribution in [-0.4, -0.2) is 43.0 Å². The third-order valence-electron chi connectivity index (χ3n) is 3.27. The maximum atomic E-state index is 10.7. The molecule has 1 aliphatic rings. The van der Waals surface area contributed by atoms with Gasteiger partial charge in [0, 0.05) is 13.1 Å². The minimum atomic E-state index is -4.62. The van der Waals surface area contributed by atoms with Crippen LogP contribution in [0.4, 0.5) is 5.69 Å². The van der Waals surface area contributed by atoms with Crippen molar-refractivity contribution >= 4 is 27.9 Å². The van der Waals surface area contributed by atoms with E-state index in [-0.39, 0.29) is 5.96 Å². The second-order valence-corrected chi connectivity index (χ2v) is 6.11. The summed E-state index contributed by atoms with van der Waals surface area (Å²) in [5, 5.41) is 3.68. The standard InChI is InChI=1S/C13H20N6O3S/c14-12(17-23(20,21)22)16-13(15)19(11-7-3-1-4-8-11)18-9-5-2-6-10-18/h1,3-4,7-8H,2,5-6,9-10H2,(H,20,21,22)(H4,14,15,16,17). The Morgan fingerprint density at radius 2 is 1.74 bits per heavy atom. The number of nitrogens with two attached hydrogens (primary N) is 2. The van der Waals surface area contributed by atoms with Crippen LogP contribution in [0.15, 0.2) is 39.7 Å². The van der Waals surface area contributed by atoms with Gasteiger partial charge in [0.2, 0.25) is 11.9 Å². The summed E-state index contributed by atoms with van der Waals surface area (Å²) in [6.45, 7) is 1.58. The number of rotatable bonds is 3. The molecule has 0 bridgehead atoms. The van der Waals surface area contributed by atoms with Gasteiger partial charge in [-0.2, -0.15) is 13.4 Å². The van der Waals surface area contributed by atoms with E-state index in [1.54, 1.807) is 5.01 Å². The molecule has 1 aromatic rings. The maximum Gasteiger partial charge on any atom is 0.381 e. The van der Waals surface area contributed by atoms with Crippen molar-refractivity contribution in [3.63, 3.8) is 0 Å². The normalized spacial score (nSPS) is 18.0. The van der Waals surface area contributed by atoms with Crippen LogP contribution >= 0.6 is 0 Å². The van der Waals surface area contributed by atoms with E-state index < -0.39 is 16.3 Å². The maximum absolute atomic E-state index is 10.7. The van der Waals surface area contributed by atoms with Crippen LogP contribution in [0, 0.1) is 0 Å². The third kappa shape index (κ3) is 5.20. The summed E-state index contributed by atoms with van der Waals surface area (Å²) < 4.78 is 33.0. The smallest absolute Gasteiger partial charge is 0.368 e. The topological polar surface area (TPSA) is 138 Å². The molecule has 126 valence electrons. The van der Waals surface area contributed by atoms with Crippen molar-refractivity contribution in [3.8, 4) is 0 Å². The number of para-hydroxylation sites is 1. The molecule has 23 heavy (non-hydrogen) atoms. The molecule has 1 aliphatic heterocycles. The predicted octanol–water partition coefficient (Wildman–Crippen LogP) is 0.326. The van der Waals surface area contributed by atoms with Crippen molar-refractivity contribution in [3.05, 3.63) is 30.3 Å². The van der Waals surface area contributed by atoms with Crippen LogP contribution in [0.2, 0.25) is 0 Å². The van der Waals surface area contributed by atoms with E-state index in [0.717, 1.165) is 38.0 Å². The highest BCUT2D eigenvalue weighted by molar-refractivity contribution is 7.84. The first-order valence-corrected chi connectivity index (χ1v) is 8.53. The number of aliphatic imine (C=N–C) groups is 1. The summed E-state index contributed by atoms with van der Waals surface area (Å²) >= 11 is 0. The zero-order chi connectivity index (χ0) is 16.9. The van der Waals surface area contributed by atoms with E-state index in [9.17, 15) is 8.42 Å². The summed E-state index contributed by atoms with van der Waals surface area (Å²) in [7, 11) is -4.62. The molecular weight excluding hydrogens is 320 g/mol. The fourth-order valence-corrected chi connectivity index (χ4v) is 2.67. The monoisotopic (exact) mass is 340 g/mol. The molecule has 0 spiro atoms. The Hall–Kier alpha value is -2.17. The number of anilines is 1. The Labute approximate surface area is 135 Å². The van der Waals surface area contributed by atoms with E-state index in [0.29, 0.717) is 0 Å². The van der Waals surface area contributed by atoms with Gasteiger partial charge in [0.15, 0.2) is 0 Å². The number of hydrazine groups is 1. The molecule has 1 saturated heterocycles. The fraction of sp³-hybridized carbons (Fsp3) is 0.385. The highest BCUT2D eigenvalue weighted by atomic mass is 32.2. The van der Waals surface area contributed by atoms with Crippen molar-refractivity contribution in [2.75, 3.05) is 18.1 Å². The molecule has 1 aromatic carbocycles. The lowest BCUT2D eigenvalue weighted by Gasteiger charge is -2.37. The second kappa shape index (κ2) is 7.40. The SMILES string of the molecule is NC(=NS(=O)(=O)O)N=C(N)N(c1ccccc1)N1CCCCC1. The van der Waals surface area contributed by atoms with Crippen LogP contribution in [-0.2, 0) is 10.3 Å². The molecule has 0 aliphatic carbocycles. The first kappa shape index (κ1) is 17.2. The Morgan fingerprint density at radius 1 is 1.13 bits per heavy atom.